The van der Waals surface area contributed by atoms with Crippen LogP contribution in [0.1, 0.15) is 51.9 Å². The number of nitrogens with two attached hydrogens (primary N) is 1. The molecule has 29 heavy (non-hydrogen) atoms. The molecule has 4 rings (SSSR count). The van der Waals surface area contributed by atoms with Crippen LogP contribution in [0.3, 0.4) is 0 Å². The first-order chi connectivity index (χ1) is 13.5. The lowest BCUT2D eigenvalue weighted by Crippen LogP contribution is -2.59. The minimum Gasteiger partial charge on any atom is -0.368 e. The normalized spacial score (nSPS) is 22.3. The van der Waals surface area contributed by atoms with E-state index in [-0.39, 0.29) is 28.1 Å². The molecule has 4 N–H and O–H groups in total. The molecule has 8 nitrogen and oxygen atoms in total. The summed E-state index contributed by atoms with van der Waals surface area (Å²) in [4.78, 5) is 30.7. The molecule has 4 heterocycles. The molecule has 0 radical (unpaired) electrons. The molecule has 9 heteroatoms. The molecule has 154 valence electrons. The lowest BCUT2D eigenvalue weighted by atomic mass is 9.76. The third-order valence-electron chi connectivity index (χ3n) is 5.38. The van der Waals surface area contributed by atoms with Gasteiger partial charge in [-0.05, 0) is 52.5 Å². The number of halogens is 1. The molecule has 1 amide bonds. The minimum absolute atomic E-state index is 0.0206. The number of rotatable bonds is 3. The summed E-state index contributed by atoms with van der Waals surface area (Å²) in [6.07, 6.45) is 6.90. The van der Waals surface area contributed by atoms with Gasteiger partial charge in [0, 0.05) is 30.0 Å². The number of carbonyl (C=O) groups is 1. The van der Waals surface area contributed by atoms with Gasteiger partial charge in [-0.15, -0.1) is 0 Å². The second-order valence-corrected chi connectivity index (χ2v) is 9.54. The summed E-state index contributed by atoms with van der Waals surface area (Å²) in [5.74, 6) is 1.23. The first kappa shape index (κ1) is 19.8. The molecule has 0 bridgehead atoms. The number of carbonyl (C=O) groups excluding carboxylic acids is 1. The Morgan fingerprint density at radius 1 is 1.28 bits per heavy atom. The van der Waals surface area contributed by atoms with Gasteiger partial charge in [0.1, 0.15) is 11.0 Å². The van der Waals surface area contributed by atoms with Gasteiger partial charge in [0.15, 0.2) is 5.82 Å². The van der Waals surface area contributed by atoms with Crippen molar-refractivity contribution in [3.63, 3.8) is 0 Å². The highest BCUT2D eigenvalue weighted by atomic mass is 35.5. The van der Waals surface area contributed by atoms with Crippen LogP contribution in [-0.2, 0) is 4.79 Å². The van der Waals surface area contributed by atoms with Crippen molar-refractivity contribution >= 4 is 40.9 Å². The van der Waals surface area contributed by atoms with Gasteiger partial charge in [-0.2, -0.15) is 4.98 Å². The highest BCUT2D eigenvalue weighted by Crippen LogP contribution is 2.42. The molecule has 2 aliphatic rings. The first-order valence-electron chi connectivity index (χ1n) is 9.70. The predicted molar refractivity (Wildman–Crippen MR) is 114 cm³/mol. The van der Waals surface area contributed by atoms with Crippen LogP contribution in [0.25, 0.3) is 11.6 Å². The van der Waals surface area contributed by atoms with Crippen molar-refractivity contribution in [2.24, 2.45) is 5.92 Å². The topological polar surface area (TPSA) is 113 Å². The Hall–Kier alpha value is -2.45. The molecule has 0 saturated carbocycles. The molecule has 1 saturated heterocycles. The maximum Gasteiger partial charge on any atom is 0.260 e. The Kier molecular flexibility index (Phi) is 4.66. The number of nitrogens with zero attached hydrogens (tertiary/aromatic N) is 4. The molecule has 0 aromatic carbocycles. The minimum atomic E-state index is -0.160. The molecule has 2 aromatic rings. The van der Waals surface area contributed by atoms with Gasteiger partial charge in [0.2, 0.25) is 5.95 Å². The molecule has 0 aliphatic carbocycles. The number of hydrogen-bond acceptors (Lipinski definition) is 6. The maximum atomic E-state index is 13.4. The van der Waals surface area contributed by atoms with E-state index in [2.05, 4.69) is 52.9 Å². The van der Waals surface area contributed by atoms with Gasteiger partial charge >= 0.3 is 0 Å². The third-order valence-corrected chi connectivity index (χ3v) is 5.65. The largest absolute Gasteiger partial charge is 0.368 e. The quantitative estimate of drug-likeness (QED) is 0.524. The molecule has 0 atom stereocenters. The number of amides is 1. The van der Waals surface area contributed by atoms with Crippen molar-refractivity contribution in [3.05, 3.63) is 28.9 Å². The fourth-order valence-electron chi connectivity index (χ4n) is 4.93. The molecule has 0 unspecified atom stereocenters. The van der Waals surface area contributed by atoms with E-state index in [1.165, 1.54) is 0 Å². The van der Waals surface area contributed by atoms with Crippen molar-refractivity contribution in [2.45, 2.75) is 51.6 Å². The SMILES string of the molecule is CC1(C)CC(CN2C(=O)/C(=C\c3ncc[nH]3)c3c(Cl)nc(N)nc32)CC(C)(C)N1. The number of H-pyrrole nitrogens is 1. The van der Waals surface area contributed by atoms with Crippen molar-refractivity contribution in [1.29, 1.82) is 0 Å². The molecule has 1 fully saturated rings. The molecular weight excluding hydrogens is 390 g/mol. The van der Waals surface area contributed by atoms with Crippen LogP contribution >= 0.6 is 11.6 Å². The number of hydrogen-bond donors (Lipinski definition) is 3. The Labute approximate surface area is 175 Å². The third kappa shape index (κ3) is 3.86. The molecule has 2 aromatic heterocycles. The van der Waals surface area contributed by atoms with E-state index in [1.54, 1.807) is 23.4 Å². The number of nitrogens with one attached hydrogen (secondary N) is 2. The summed E-state index contributed by atoms with van der Waals surface area (Å²) in [5.41, 5.74) is 6.74. The Morgan fingerprint density at radius 2 is 1.97 bits per heavy atom. The smallest absolute Gasteiger partial charge is 0.260 e. The number of imidazole rings is 1. The highest BCUT2D eigenvalue weighted by molar-refractivity contribution is 6.41. The Balaban J connectivity index is 1.73. The second kappa shape index (κ2) is 6.81. The fourth-order valence-corrected chi connectivity index (χ4v) is 5.20. The van der Waals surface area contributed by atoms with Crippen molar-refractivity contribution in [1.82, 2.24) is 25.3 Å². The van der Waals surface area contributed by atoms with Gasteiger partial charge in [0.25, 0.3) is 5.91 Å². The zero-order valence-corrected chi connectivity index (χ0v) is 17.8. The zero-order chi connectivity index (χ0) is 21.0. The van der Waals surface area contributed by atoms with Gasteiger partial charge in [-0.1, -0.05) is 11.6 Å². The van der Waals surface area contributed by atoms with Crippen molar-refractivity contribution in [3.8, 4) is 0 Å². The van der Waals surface area contributed by atoms with Crippen LogP contribution in [0.2, 0.25) is 5.15 Å². The van der Waals surface area contributed by atoms with Crippen LogP contribution in [0.15, 0.2) is 12.4 Å². The van der Waals surface area contributed by atoms with E-state index in [0.717, 1.165) is 12.8 Å². The summed E-state index contributed by atoms with van der Waals surface area (Å²) < 4.78 is 0. The Morgan fingerprint density at radius 3 is 2.59 bits per heavy atom. The average Bonchev–Trinajstić information content (AvgIpc) is 3.15. The summed E-state index contributed by atoms with van der Waals surface area (Å²) in [7, 11) is 0. The number of piperidine rings is 1. The fraction of sp³-hybridized carbons (Fsp3) is 0.500. The molecular formula is C20H26ClN7O. The second-order valence-electron chi connectivity index (χ2n) is 9.19. The van der Waals surface area contributed by atoms with Gasteiger partial charge in [-0.3, -0.25) is 9.69 Å². The molecule has 0 spiro atoms. The average molecular weight is 416 g/mol. The Bertz CT molecular complexity index is 965. The summed E-state index contributed by atoms with van der Waals surface area (Å²) in [6.45, 7) is 9.32. The van der Waals surface area contributed by atoms with Crippen LogP contribution < -0.4 is 16.0 Å². The number of fused-ring (bicyclic) bond motifs is 1. The molecule has 2 aliphatic heterocycles. The maximum absolute atomic E-state index is 13.4. The number of aromatic amines is 1. The summed E-state index contributed by atoms with van der Waals surface area (Å²) in [5, 5.41) is 3.85. The van der Waals surface area contributed by atoms with E-state index in [9.17, 15) is 4.79 Å². The lowest BCUT2D eigenvalue weighted by molar-refractivity contribution is -0.113. The number of aromatic nitrogens is 4. The standard InChI is InChI=1S/C20H26ClN7O/c1-19(2)8-11(9-20(3,4)27-19)10-28-16-14(15(21)25-18(22)26-16)12(17(28)29)7-13-23-5-6-24-13/h5-7,11,27H,8-10H2,1-4H3,(H,23,24)(H2,22,25,26)/b12-7-. The van der Waals surface area contributed by atoms with E-state index in [0.29, 0.717) is 35.2 Å². The van der Waals surface area contributed by atoms with Gasteiger partial charge < -0.3 is 16.0 Å². The van der Waals surface area contributed by atoms with Gasteiger partial charge in [0.05, 0.1) is 11.1 Å². The predicted octanol–water partition coefficient (Wildman–Crippen LogP) is 2.88. The first-order valence-corrected chi connectivity index (χ1v) is 10.1. The number of nitrogen functional groups attached to an aromatic ring is 1. The van der Waals surface area contributed by atoms with E-state index < -0.39 is 0 Å². The number of anilines is 2. The van der Waals surface area contributed by atoms with E-state index >= 15 is 0 Å². The van der Waals surface area contributed by atoms with Crippen molar-refractivity contribution < 1.29 is 4.79 Å². The van der Waals surface area contributed by atoms with Crippen LogP contribution in [-0.4, -0.2) is 43.5 Å². The lowest BCUT2D eigenvalue weighted by Gasteiger charge is -2.47. The van der Waals surface area contributed by atoms with Gasteiger partial charge in [-0.25, -0.2) is 9.97 Å². The highest BCUT2D eigenvalue weighted by Gasteiger charge is 2.42. The van der Waals surface area contributed by atoms with Crippen LogP contribution in [0.4, 0.5) is 11.8 Å². The van der Waals surface area contributed by atoms with Crippen LogP contribution in [0, 0.1) is 5.92 Å². The summed E-state index contributed by atoms with van der Waals surface area (Å²) in [6, 6.07) is 0. The van der Waals surface area contributed by atoms with E-state index in [4.69, 9.17) is 17.3 Å². The monoisotopic (exact) mass is 415 g/mol. The zero-order valence-electron chi connectivity index (χ0n) is 17.1. The van der Waals surface area contributed by atoms with Crippen LogP contribution in [0.5, 0.6) is 0 Å². The summed E-state index contributed by atoms with van der Waals surface area (Å²) >= 11 is 6.38. The van der Waals surface area contributed by atoms with E-state index in [1.807, 2.05) is 0 Å². The van der Waals surface area contributed by atoms with Crippen molar-refractivity contribution in [2.75, 3.05) is 17.2 Å².